The van der Waals surface area contributed by atoms with Gasteiger partial charge in [0.15, 0.2) is 0 Å². The van der Waals surface area contributed by atoms with Crippen LogP contribution in [-0.2, 0) is 0 Å². The second kappa shape index (κ2) is 8.36. The van der Waals surface area contributed by atoms with Crippen LogP contribution in [-0.4, -0.2) is 37.0 Å². The Morgan fingerprint density at radius 1 is 1.00 bits per heavy atom. The molecule has 1 aliphatic rings. The molecule has 0 unspecified atom stereocenters. The fourth-order valence-corrected chi connectivity index (χ4v) is 3.60. The number of benzene rings is 3. The lowest BCUT2D eigenvalue weighted by Crippen LogP contribution is -2.37. The smallest absolute Gasteiger partial charge is 0.251 e. The molecule has 0 spiro atoms. The van der Waals surface area contributed by atoms with Gasteiger partial charge in [0, 0.05) is 31.7 Å². The second-order valence-electron chi connectivity index (χ2n) is 7.10. The van der Waals surface area contributed by atoms with E-state index in [0.717, 1.165) is 42.4 Å². The first-order chi connectivity index (χ1) is 13.7. The Morgan fingerprint density at radius 3 is 2.54 bits per heavy atom. The minimum atomic E-state index is -0.205. The molecule has 0 atom stereocenters. The summed E-state index contributed by atoms with van der Waals surface area (Å²) in [5.41, 5.74) is 3.04. The van der Waals surface area contributed by atoms with E-state index in [0.29, 0.717) is 12.1 Å². The molecule has 4 rings (SSSR count). The van der Waals surface area contributed by atoms with E-state index in [9.17, 15) is 9.18 Å². The SMILES string of the molecule is O=C(NCCN1CC=C(c2ccc(F)cc2)CC1)c1ccc2ccccc2c1. The monoisotopic (exact) mass is 374 g/mol. The summed E-state index contributed by atoms with van der Waals surface area (Å²) in [7, 11) is 0. The van der Waals surface area contributed by atoms with Gasteiger partial charge in [0.25, 0.3) is 5.91 Å². The zero-order valence-corrected chi connectivity index (χ0v) is 15.7. The van der Waals surface area contributed by atoms with E-state index in [2.05, 4.69) is 16.3 Å². The molecule has 1 N–H and O–H groups in total. The van der Waals surface area contributed by atoms with Gasteiger partial charge in [-0.3, -0.25) is 9.69 Å². The number of nitrogens with one attached hydrogen (secondary N) is 1. The highest BCUT2D eigenvalue weighted by Gasteiger charge is 2.13. The number of carbonyl (C=O) groups is 1. The molecule has 1 aliphatic heterocycles. The Morgan fingerprint density at radius 2 is 1.79 bits per heavy atom. The number of fused-ring (bicyclic) bond motifs is 1. The first-order valence-corrected chi connectivity index (χ1v) is 9.63. The van der Waals surface area contributed by atoms with E-state index in [4.69, 9.17) is 0 Å². The van der Waals surface area contributed by atoms with Crippen LogP contribution in [0.4, 0.5) is 4.39 Å². The van der Waals surface area contributed by atoms with Crippen LogP contribution in [0, 0.1) is 5.82 Å². The fraction of sp³-hybridized carbons (Fsp3) is 0.208. The van der Waals surface area contributed by atoms with Crippen LogP contribution in [0.1, 0.15) is 22.3 Å². The van der Waals surface area contributed by atoms with Gasteiger partial charge in [-0.05, 0) is 52.6 Å². The quantitative estimate of drug-likeness (QED) is 0.713. The maximum atomic E-state index is 13.1. The third-order valence-electron chi connectivity index (χ3n) is 5.23. The van der Waals surface area contributed by atoms with E-state index in [-0.39, 0.29) is 11.7 Å². The molecule has 0 saturated carbocycles. The number of hydrogen-bond donors (Lipinski definition) is 1. The van der Waals surface area contributed by atoms with Crippen LogP contribution in [0.5, 0.6) is 0 Å². The van der Waals surface area contributed by atoms with E-state index in [1.54, 1.807) is 0 Å². The second-order valence-corrected chi connectivity index (χ2v) is 7.10. The van der Waals surface area contributed by atoms with Gasteiger partial charge in [0.1, 0.15) is 5.82 Å². The zero-order valence-electron chi connectivity index (χ0n) is 15.7. The van der Waals surface area contributed by atoms with Crippen LogP contribution >= 0.6 is 0 Å². The van der Waals surface area contributed by atoms with E-state index < -0.39 is 0 Å². The summed E-state index contributed by atoms with van der Waals surface area (Å²) in [6.07, 6.45) is 3.13. The highest BCUT2D eigenvalue weighted by Crippen LogP contribution is 2.22. The lowest BCUT2D eigenvalue weighted by atomic mass is 9.99. The van der Waals surface area contributed by atoms with Crippen molar-refractivity contribution in [1.29, 1.82) is 0 Å². The lowest BCUT2D eigenvalue weighted by molar-refractivity contribution is 0.0949. The molecule has 0 saturated heterocycles. The minimum absolute atomic E-state index is 0.0368. The molecular formula is C24H23FN2O. The minimum Gasteiger partial charge on any atom is -0.351 e. The number of nitrogens with zero attached hydrogens (tertiary/aromatic N) is 1. The van der Waals surface area contributed by atoms with Crippen molar-refractivity contribution in [3.63, 3.8) is 0 Å². The molecule has 0 fully saturated rings. The standard InChI is InChI=1S/C24H23FN2O/c25-23-9-7-19(8-10-23)20-11-14-27(15-12-20)16-13-26-24(28)22-6-5-18-3-1-2-4-21(18)17-22/h1-11,17H,12-16H2,(H,26,28). The number of hydrogen-bond acceptors (Lipinski definition) is 2. The maximum Gasteiger partial charge on any atom is 0.251 e. The molecule has 0 radical (unpaired) electrons. The maximum absolute atomic E-state index is 13.1. The van der Waals surface area contributed by atoms with Crippen molar-refractivity contribution >= 4 is 22.3 Å². The first-order valence-electron chi connectivity index (χ1n) is 9.63. The van der Waals surface area contributed by atoms with E-state index in [1.165, 1.54) is 17.7 Å². The average Bonchev–Trinajstić information content (AvgIpc) is 2.74. The molecule has 0 aliphatic carbocycles. The van der Waals surface area contributed by atoms with Gasteiger partial charge < -0.3 is 5.32 Å². The van der Waals surface area contributed by atoms with Gasteiger partial charge >= 0.3 is 0 Å². The average molecular weight is 374 g/mol. The Labute approximate surface area is 164 Å². The fourth-order valence-electron chi connectivity index (χ4n) is 3.60. The van der Waals surface area contributed by atoms with Crippen LogP contribution in [0.15, 0.2) is 72.8 Å². The normalized spacial score (nSPS) is 14.7. The van der Waals surface area contributed by atoms with Crippen molar-refractivity contribution in [2.75, 3.05) is 26.2 Å². The molecule has 1 heterocycles. The van der Waals surface area contributed by atoms with Crippen LogP contribution in [0.2, 0.25) is 0 Å². The number of rotatable bonds is 5. The van der Waals surface area contributed by atoms with Crippen molar-refractivity contribution in [3.05, 3.63) is 89.8 Å². The van der Waals surface area contributed by atoms with Crippen molar-refractivity contribution in [2.45, 2.75) is 6.42 Å². The molecule has 3 aromatic carbocycles. The summed E-state index contributed by atoms with van der Waals surface area (Å²) in [5.74, 6) is -0.241. The number of halogens is 1. The van der Waals surface area contributed by atoms with Crippen LogP contribution in [0.3, 0.4) is 0 Å². The Bertz CT molecular complexity index is 1010. The van der Waals surface area contributed by atoms with Gasteiger partial charge in [-0.2, -0.15) is 0 Å². The van der Waals surface area contributed by atoms with Crippen molar-refractivity contribution in [1.82, 2.24) is 10.2 Å². The van der Waals surface area contributed by atoms with Gasteiger partial charge in [-0.1, -0.05) is 48.5 Å². The topological polar surface area (TPSA) is 32.3 Å². The zero-order chi connectivity index (χ0) is 19.3. The molecular weight excluding hydrogens is 351 g/mol. The van der Waals surface area contributed by atoms with Gasteiger partial charge in [0.2, 0.25) is 0 Å². The van der Waals surface area contributed by atoms with Gasteiger partial charge in [-0.15, -0.1) is 0 Å². The highest BCUT2D eigenvalue weighted by molar-refractivity contribution is 5.98. The van der Waals surface area contributed by atoms with Crippen molar-refractivity contribution in [2.24, 2.45) is 0 Å². The molecule has 0 bridgehead atoms. The molecule has 28 heavy (non-hydrogen) atoms. The summed E-state index contributed by atoms with van der Waals surface area (Å²) in [5, 5.41) is 5.23. The van der Waals surface area contributed by atoms with Gasteiger partial charge in [0.05, 0.1) is 0 Å². The Hall–Kier alpha value is -2.98. The van der Waals surface area contributed by atoms with E-state index in [1.807, 2.05) is 54.6 Å². The highest BCUT2D eigenvalue weighted by atomic mass is 19.1. The largest absolute Gasteiger partial charge is 0.351 e. The molecule has 4 heteroatoms. The Kier molecular flexibility index (Phi) is 5.49. The van der Waals surface area contributed by atoms with Crippen molar-refractivity contribution < 1.29 is 9.18 Å². The molecule has 1 amide bonds. The Balaban J connectivity index is 1.28. The molecule has 142 valence electrons. The van der Waals surface area contributed by atoms with Crippen molar-refractivity contribution in [3.8, 4) is 0 Å². The summed E-state index contributed by atoms with van der Waals surface area (Å²) < 4.78 is 13.1. The molecule has 0 aromatic heterocycles. The molecule has 3 aromatic rings. The van der Waals surface area contributed by atoms with Crippen LogP contribution in [0.25, 0.3) is 16.3 Å². The third kappa shape index (κ3) is 4.29. The summed E-state index contributed by atoms with van der Waals surface area (Å²) in [6, 6.07) is 20.5. The van der Waals surface area contributed by atoms with E-state index >= 15 is 0 Å². The predicted octanol–water partition coefficient (Wildman–Crippen LogP) is 4.50. The number of carbonyl (C=O) groups excluding carboxylic acids is 1. The van der Waals surface area contributed by atoms with Crippen LogP contribution < -0.4 is 5.32 Å². The predicted molar refractivity (Wildman–Crippen MR) is 112 cm³/mol. The third-order valence-corrected chi connectivity index (χ3v) is 5.23. The summed E-state index contributed by atoms with van der Waals surface area (Å²) >= 11 is 0. The lowest BCUT2D eigenvalue weighted by Gasteiger charge is -2.26. The first kappa shape index (κ1) is 18.4. The van der Waals surface area contributed by atoms with Gasteiger partial charge in [-0.25, -0.2) is 4.39 Å². The number of amides is 1. The summed E-state index contributed by atoms with van der Waals surface area (Å²) in [6.45, 7) is 3.21. The molecule has 3 nitrogen and oxygen atoms in total. The summed E-state index contributed by atoms with van der Waals surface area (Å²) in [4.78, 5) is 14.7.